The average molecular weight is 410 g/mol. The molecule has 2 rings (SSSR count). The molecule has 28 heavy (non-hydrogen) atoms. The minimum absolute atomic E-state index is 0.0463. The van der Waals surface area contributed by atoms with Crippen molar-refractivity contribution in [2.45, 2.75) is 44.2 Å². The van der Waals surface area contributed by atoms with Gasteiger partial charge in [0.05, 0.1) is 12.1 Å². The van der Waals surface area contributed by atoms with Gasteiger partial charge in [0.15, 0.2) is 11.5 Å². The van der Waals surface area contributed by atoms with E-state index in [1.807, 2.05) is 6.08 Å². The van der Waals surface area contributed by atoms with E-state index in [0.717, 1.165) is 11.5 Å². The van der Waals surface area contributed by atoms with Crippen molar-refractivity contribution in [2.24, 2.45) is 0 Å². The predicted molar refractivity (Wildman–Crippen MR) is 108 cm³/mol. The molecular formula is C20H27NO6S. The van der Waals surface area contributed by atoms with E-state index in [2.05, 4.69) is 0 Å². The summed E-state index contributed by atoms with van der Waals surface area (Å²) in [4.78, 5) is 24.4. The molecule has 1 aromatic rings. The molecule has 1 aliphatic rings. The largest absolute Gasteiger partial charge is 0.504 e. The molecule has 7 nitrogen and oxygen atoms in total. The minimum Gasteiger partial charge on any atom is -0.504 e. The van der Waals surface area contributed by atoms with Crippen molar-refractivity contribution in [3.8, 4) is 11.5 Å². The Kier molecular flexibility index (Phi) is 8.66. The zero-order valence-electron chi connectivity index (χ0n) is 15.7. The first kappa shape index (κ1) is 22.1. The summed E-state index contributed by atoms with van der Waals surface area (Å²) in [6.07, 6.45) is 5.04. The molecule has 1 saturated heterocycles. The van der Waals surface area contributed by atoms with E-state index in [1.165, 1.54) is 12.1 Å². The highest BCUT2D eigenvalue weighted by Gasteiger charge is 2.28. The normalized spacial score (nSPS) is 18.1. The third-order valence-corrected chi connectivity index (χ3v) is 5.62. The Labute approximate surface area is 168 Å². The number of likely N-dealkylation sites (tertiary alicyclic amines) is 1. The number of carbonyl (C=O) groups excluding carboxylic acids is 1. The maximum Gasteiger partial charge on any atom is 0.303 e. The number of aliphatic carboxylic acids is 1. The summed E-state index contributed by atoms with van der Waals surface area (Å²) in [5.41, 5.74) is 0.699. The van der Waals surface area contributed by atoms with Crippen molar-refractivity contribution in [1.82, 2.24) is 4.90 Å². The number of phenolic OH excluding ortho intramolecular Hbond substituents is 2. The maximum absolute atomic E-state index is 12.1. The van der Waals surface area contributed by atoms with Crippen LogP contribution in [0.15, 0.2) is 30.4 Å². The molecule has 1 aromatic carbocycles. The Morgan fingerprint density at radius 3 is 2.79 bits per heavy atom. The average Bonchev–Trinajstić information content (AvgIpc) is 2.99. The zero-order chi connectivity index (χ0) is 20.5. The van der Waals surface area contributed by atoms with E-state index < -0.39 is 12.1 Å². The zero-order valence-corrected chi connectivity index (χ0v) is 16.5. The third kappa shape index (κ3) is 7.09. The highest BCUT2D eigenvalue weighted by atomic mass is 32.2. The lowest BCUT2D eigenvalue weighted by molar-refractivity contribution is -0.137. The number of carboxylic acid groups (broad SMARTS) is 1. The number of aromatic hydroxyl groups is 2. The number of aliphatic hydroxyl groups excluding tert-OH is 1. The van der Waals surface area contributed by atoms with Gasteiger partial charge in [-0.15, -0.1) is 0 Å². The lowest BCUT2D eigenvalue weighted by Crippen LogP contribution is -2.34. The topological polar surface area (TPSA) is 118 Å². The van der Waals surface area contributed by atoms with Crippen molar-refractivity contribution in [3.63, 3.8) is 0 Å². The molecule has 0 spiro atoms. The summed E-state index contributed by atoms with van der Waals surface area (Å²) in [5.74, 6) is 0.398. The lowest BCUT2D eigenvalue weighted by Gasteiger charge is -2.22. The van der Waals surface area contributed by atoms with Gasteiger partial charge in [0, 0.05) is 31.6 Å². The Bertz CT molecular complexity index is 708. The van der Waals surface area contributed by atoms with Crippen molar-refractivity contribution < 1.29 is 30.0 Å². The summed E-state index contributed by atoms with van der Waals surface area (Å²) in [6, 6.07) is 4.39. The van der Waals surface area contributed by atoms with Crippen LogP contribution in [-0.2, 0) is 16.0 Å². The van der Waals surface area contributed by atoms with Crippen molar-refractivity contribution in [2.75, 3.05) is 18.1 Å². The van der Waals surface area contributed by atoms with Crippen molar-refractivity contribution >= 4 is 23.6 Å². The number of hydrogen-bond donors (Lipinski definition) is 4. The fourth-order valence-electron chi connectivity index (χ4n) is 3.10. The van der Waals surface area contributed by atoms with E-state index in [1.54, 1.807) is 28.8 Å². The summed E-state index contributed by atoms with van der Waals surface area (Å²) in [5, 5.41) is 37.7. The van der Waals surface area contributed by atoms with E-state index in [4.69, 9.17) is 5.11 Å². The Morgan fingerprint density at radius 1 is 1.29 bits per heavy atom. The van der Waals surface area contributed by atoms with E-state index in [-0.39, 0.29) is 29.9 Å². The molecule has 0 unspecified atom stereocenters. The fourth-order valence-corrected chi connectivity index (χ4v) is 3.98. The summed E-state index contributed by atoms with van der Waals surface area (Å²) in [7, 11) is 0. The number of amides is 1. The standard InChI is InChI=1S/C20H27NO6S/c22-16(12-14-3-7-17(23)18(24)13-14)6-4-15-5-8-19(25)21(15)9-11-28-10-1-2-20(26)27/h3-4,6-7,13,15-16,22-24H,1-2,5,8-12H2,(H,26,27)/t15-,16+/m0/s1. The number of benzene rings is 1. The van der Waals surface area contributed by atoms with Crippen LogP contribution in [0.5, 0.6) is 11.5 Å². The van der Waals surface area contributed by atoms with Crippen LogP contribution in [0.3, 0.4) is 0 Å². The van der Waals surface area contributed by atoms with Gasteiger partial charge in [-0.3, -0.25) is 9.59 Å². The van der Waals surface area contributed by atoms with Crippen LogP contribution in [0.25, 0.3) is 0 Å². The van der Waals surface area contributed by atoms with Gasteiger partial charge < -0.3 is 25.3 Å². The van der Waals surface area contributed by atoms with E-state index in [0.29, 0.717) is 37.8 Å². The van der Waals surface area contributed by atoms with Gasteiger partial charge in [0.1, 0.15) is 0 Å². The molecule has 1 fully saturated rings. The van der Waals surface area contributed by atoms with Gasteiger partial charge in [-0.05, 0) is 36.3 Å². The molecule has 0 aliphatic carbocycles. The van der Waals surface area contributed by atoms with Gasteiger partial charge in [0.25, 0.3) is 0 Å². The predicted octanol–water partition coefficient (Wildman–Crippen LogP) is 2.15. The molecule has 1 heterocycles. The fraction of sp³-hybridized carbons (Fsp3) is 0.500. The van der Waals surface area contributed by atoms with Crippen LogP contribution < -0.4 is 0 Å². The summed E-state index contributed by atoms with van der Waals surface area (Å²) >= 11 is 1.64. The number of nitrogens with zero attached hydrogens (tertiary/aromatic N) is 1. The Morgan fingerprint density at radius 2 is 2.07 bits per heavy atom. The number of thioether (sulfide) groups is 1. The number of rotatable bonds is 11. The Balaban J connectivity index is 1.79. The monoisotopic (exact) mass is 409 g/mol. The van der Waals surface area contributed by atoms with Gasteiger partial charge in [-0.1, -0.05) is 18.2 Å². The second kappa shape index (κ2) is 11.0. The number of aliphatic hydroxyl groups is 1. The van der Waals surface area contributed by atoms with Crippen LogP contribution in [0.1, 0.15) is 31.2 Å². The SMILES string of the molecule is O=C(O)CCCSCCN1C(=O)CC[C@@H]1C=C[C@@H](O)Cc1ccc(O)c(O)c1. The first-order valence-electron chi connectivity index (χ1n) is 9.33. The molecule has 0 saturated carbocycles. The van der Waals surface area contributed by atoms with Crippen LogP contribution >= 0.6 is 11.8 Å². The van der Waals surface area contributed by atoms with Gasteiger partial charge in [0.2, 0.25) is 5.91 Å². The van der Waals surface area contributed by atoms with Gasteiger partial charge in [-0.25, -0.2) is 0 Å². The number of phenols is 2. The molecule has 0 aromatic heterocycles. The number of hydrogen-bond acceptors (Lipinski definition) is 6. The van der Waals surface area contributed by atoms with Crippen molar-refractivity contribution in [1.29, 1.82) is 0 Å². The third-order valence-electron chi connectivity index (χ3n) is 4.57. The van der Waals surface area contributed by atoms with Crippen LogP contribution in [0.2, 0.25) is 0 Å². The molecule has 1 amide bonds. The van der Waals surface area contributed by atoms with Gasteiger partial charge in [-0.2, -0.15) is 11.8 Å². The molecular weight excluding hydrogens is 382 g/mol. The maximum atomic E-state index is 12.1. The van der Waals surface area contributed by atoms with E-state index >= 15 is 0 Å². The van der Waals surface area contributed by atoms with Crippen LogP contribution in [0.4, 0.5) is 0 Å². The molecule has 2 atom stereocenters. The second-order valence-corrected chi connectivity index (χ2v) is 8.01. The number of carbonyl (C=O) groups is 2. The molecule has 154 valence electrons. The first-order valence-corrected chi connectivity index (χ1v) is 10.5. The summed E-state index contributed by atoms with van der Waals surface area (Å²) < 4.78 is 0. The smallest absolute Gasteiger partial charge is 0.303 e. The molecule has 8 heteroatoms. The highest BCUT2D eigenvalue weighted by molar-refractivity contribution is 7.99. The second-order valence-electron chi connectivity index (χ2n) is 6.78. The molecule has 0 radical (unpaired) electrons. The Hall–Kier alpha value is -2.19. The lowest BCUT2D eigenvalue weighted by atomic mass is 10.1. The quantitative estimate of drug-likeness (QED) is 0.251. The van der Waals surface area contributed by atoms with Crippen LogP contribution in [0, 0.1) is 0 Å². The summed E-state index contributed by atoms with van der Waals surface area (Å²) in [6.45, 7) is 0.605. The van der Waals surface area contributed by atoms with Gasteiger partial charge >= 0.3 is 5.97 Å². The van der Waals surface area contributed by atoms with Crippen LogP contribution in [-0.4, -0.2) is 67.4 Å². The minimum atomic E-state index is -0.790. The number of carboxylic acids is 1. The van der Waals surface area contributed by atoms with Crippen molar-refractivity contribution in [3.05, 3.63) is 35.9 Å². The van der Waals surface area contributed by atoms with E-state index in [9.17, 15) is 24.9 Å². The molecule has 0 bridgehead atoms. The highest BCUT2D eigenvalue weighted by Crippen LogP contribution is 2.26. The first-order chi connectivity index (χ1) is 13.4. The molecule has 4 N–H and O–H groups in total. The molecule has 1 aliphatic heterocycles.